The molecule has 3 heterocycles. The zero-order valence-corrected chi connectivity index (χ0v) is 16.5. The molecule has 0 radical (unpaired) electrons. The molecule has 0 aliphatic carbocycles. The van der Waals surface area contributed by atoms with Gasteiger partial charge in [0.05, 0.1) is 6.54 Å². The molecule has 140 valence electrons. The average molecular weight is 369 g/mol. The van der Waals surface area contributed by atoms with E-state index in [9.17, 15) is 5.26 Å². The standard InChI is InChI=1S/C23H23N5/c1-4-5-21-26-22-17(3)10-11-25-23(22)28(21)15-18-6-8-19(9-7-18)27-14-16(2)12-20(27)13-24/h6-12,14H,4-5,15H2,1-3H3. The molecule has 0 fully saturated rings. The molecule has 0 amide bonds. The van der Waals surface area contributed by atoms with Crippen LogP contribution in [-0.4, -0.2) is 19.1 Å². The smallest absolute Gasteiger partial charge is 0.160 e. The van der Waals surface area contributed by atoms with Crippen molar-refractivity contribution in [2.24, 2.45) is 0 Å². The first-order chi connectivity index (χ1) is 13.6. The second-order valence-corrected chi connectivity index (χ2v) is 7.22. The van der Waals surface area contributed by atoms with Crippen LogP contribution in [0.1, 0.15) is 41.6 Å². The van der Waals surface area contributed by atoms with Crippen LogP contribution in [-0.2, 0) is 13.0 Å². The summed E-state index contributed by atoms with van der Waals surface area (Å²) in [5, 5.41) is 9.33. The summed E-state index contributed by atoms with van der Waals surface area (Å²) in [6.07, 6.45) is 5.82. The van der Waals surface area contributed by atoms with Gasteiger partial charge in [0.25, 0.3) is 0 Å². The lowest BCUT2D eigenvalue weighted by Crippen LogP contribution is -2.06. The number of rotatable bonds is 5. The predicted octanol–water partition coefficient (Wildman–Crippen LogP) is 4.71. The minimum Gasteiger partial charge on any atom is -0.308 e. The number of imidazole rings is 1. The van der Waals surface area contributed by atoms with Gasteiger partial charge in [-0.3, -0.25) is 0 Å². The van der Waals surface area contributed by atoms with Gasteiger partial charge in [0.2, 0.25) is 0 Å². The summed E-state index contributed by atoms with van der Waals surface area (Å²) in [6, 6.07) is 14.5. The molecule has 1 aromatic carbocycles. The highest BCUT2D eigenvalue weighted by atomic mass is 15.1. The molecule has 0 saturated carbocycles. The Bertz CT molecular complexity index is 1170. The van der Waals surface area contributed by atoms with Crippen LogP contribution >= 0.6 is 0 Å². The zero-order valence-electron chi connectivity index (χ0n) is 16.5. The number of nitriles is 1. The lowest BCUT2D eigenvalue weighted by atomic mass is 10.2. The van der Waals surface area contributed by atoms with Crippen molar-refractivity contribution in [1.82, 2.24) is 19.1 Å². The molecule has 28 heavy (non-hydrogen) atoms. The minimum atomic E-state index is 0.649. The number of aromatic nitrogens is 4. The number of pyridine rings is 1. The molecule has 5 nitrogen and oxygen atoms in total. The molecule has 0 unspecified atom stereocenters. The zero-order chi connectivity index (χ0) is 19.7. The summed E-state index contributed by atoms with van der Waals surface area (Å²) in [5.74, 6) is 1.08. The molecule has 3 aromatic heterocycles. The highest BCUT2D eigenvalue weighted by molar-refractivity contribution is 5.75. The maximum Gasteiger partial charge on any atom is 0.160 e. The largest absolute Gasteiger partial charge is 0.308 e. The van der Waals surface area contributed by atoms with Crippen LogP contribution in [0.2, 0.25) is 0 Å². The molecule has 0 saturated heterocycles. The van der Waals surface area contributed by atoms with Crippen molar-refractivity contribution < 1.29 is 0 Å². The summed E-state index contributed by atoms with van der Waals surface area (Å²) in [6.45, 7) is 6.99. The Morgan fingerprint density at radius 2 is 1.89 bits per heavy atom. The maximum atomic E-state index is 9.33. The topological polar surface area (TPSA) is 59.4 Å². The Kier molecular flexibility index (Phi) is 4.70. The molecule has 0 bridgehead atoms. The molecule has 4 rings (SSSR count). The quantitative estimate of drug-likeness (QED) is 0.512. The van der Waals surface area contributed by atoms with Gasteiger partial charge < -0.3 is 9.13 Å². The normalized spacial score (nSPS) is 11.1. The van der Waals surface area contributed by atoms with Crippen LogP contribution in [0.3, 0.4) is 0 Å². The third-order valence-corrected chi connectivity index (χ3v) is 5.01. The minimum absolute atomic E-state index is 0.649. The van der Waals surface area contributed by atoms with Crippen LogP contribution in [0.15, 0.2) is 48.8 Å². The van der Waals surface area contributed by atoms with Gasteiger partial charge in [-0.25, -0.2) is 9.97 Å². The Labute approximate surface area is 164 Å². The van der Waals surface area contributed by atoms with E-state index in [2.05, 4.69) is 53.7 Å². The molecule has 5 heteroatoms. The molecule has 0 aliphatic heterocycles. The summed E-state index contributed by atoms with van der Waals surface area (Å²) in [4.78, 5) is 9.44. The van der Waals surface area contributed by atoms with E-state index in [1.165, 1.54) is 5.56 Å². The van der Waals surface area contributed by atoms with Crippen molar-refractivity contribution in [2.75, 3.05) is 0 Å². The van der Waals surface area contributed by atoms with Gasteiger partial charge in [0, 0.05) is 24.5 Å². The van der Waals surface area contributed by atoms with Crippen molar-refractivity contribution in [3.05, 3.63) is 77.0 Å². The number of hydrogen-bond acceptors (Lipinski definition) is 3. The first kappa shape index (κ1) is 18.0. The predicted molar refractivity (Wildman–Crippen MR) is 111 cm³/mol. The lowest BCUT2D eigenvalue weighted by molar-refractivity contribution is 0.716. The van der Waals surface area contributed by atoms with E-state index in [0.717, 1.165) is 53.2 Å². The van der Waals surface area contributed by atoms with Gasteiger partial charge >= 0.3 is 0 Å². The first-order valence-electron chi connectivity index (χ1n) is 9.60. The second-order valence-electron chi connectivity index (χ2n) is 7.22. The van der Waals surface area contributed by atoms with E-state index in [-0.39, 0.29) is 0 Å². The average Bonchev–Trinajstić information content (AvgIpc) is 3.24. The third-order valence-electron chi connectivity index (χ3n) is 5.01. The molecule has 0 N–H and O–H groups in total. The molecule has 0 spiro atoms. The number of nitrogens with zero attached hydrogens (tertiary/aromatic N) is 5. The summed E-state index contributed by atoms with van der Waals surface area (Å²) < 4.78 is 4.15. The van der Waals surface area contributed by atoms with Crippen molar-refractivity contribution in [3.8, 4) is 11.8 Å². The number of hydrogen-bond donors (Lipinski definition) is 0. The Morgan fingerprint density at radius 1 is 1.11 bits per heavy atom. The van der Waals surface area contributed by atoms with Gasteiger partial charge in [-0.15, -0.1) is 0 Å². The summed E-state index contributed by atoms with van der Waals surface area (Å²) >= 11 is 0. The van der Waals surface area contributed by atoms with E-state index >= 15 is 0 Å². The monoisotopic (exact) mass is 369 g/mol. The van der Waals surface area contributed by atoms with Crippen molar-refractivity contribution >= 4 is 11.2 Å². The van der Waals surface area contributed by atoms with Crippen LogP contribution < -0.4 is 0 Å². The number of benzene rings is 1. The van der Waals surface area contributed by atoms with E-state index in [0.29, 0.717) is 5.69 Å². The molecular formula is C23H23N5. The summed E-state index contributed by atoms with van der Waals surface area (Å²) in [5.41, 5.74) is 7.00. The fourth-order valence-corrected chi connectivity index (χ4v) is 3.60. The third kappa shape index (κ3) is 3.18. The van der Waals surface area contributed by atoms with Crippen LogP contribution in [0.25, 0.3) is 16.9 Å². The highest BCUT2D eigenvalue weighted by Gasteiger charge is 2.13. The maximum absolute atomic E-state index is 9.33. The van der Waals surface area contributed by atoms with E-state index in [4.69, 9.17) is 4.98 Å². The Hall–Kier alpha value is -3.39. The molecule has 0 aliphatic rings. The number of aryl methyl sites for hydroxylation is 3. The van der Waals surface area contributed by atoms with E-state index in [1.54, 1.807) is 0 Å². The highest BCUT2D eigenvalue weighted by Crippen LogP contribution is 2.21. The van der Waals surface area contributed by atoms with Crippen molar-refractivity contribution in [3.63, 3.8) is 0 Å². The van der Waals surface area contributed by atoms with Gasteiger partial charge in [0.1, 0.15) is 23.1 Å². The van der Waals surface area contributed by atoms with Crippen molar-refractivity contribution in [1.29, 1.82) is 5.26 Å². The lowest BCUT2D eigenvalue weighted by Gasteiger charge is -2.10. The van der Waals surface area contributed by atoms with Gasteiger partial charge in [-0.2, -0.15) is 5.26 Å². The second kappa shape index (κ2) is 7.32. The molecule has 4 aromatic rings. The molecular weight excluding hydrogens is 346 g/mol. The Morgan fingerprint density at radius 3 is 2.61 bits per heavy atom. The fourth-order valence-electron chi connectivity index (χ4n) is 3.60. The number of fused-ring (bicyclic) bond motifs is 1. The van der Waals surface area contributed by atoms with Crippen LogP contribution in [0.4, 0.5) is 0 Å². The van der Waals surface area contributed by atoms with Gasteiger partial charge in [-0.1, -0.05) is 19.1 Å². The van der Waals surface area contributed by atoms with Gasteiger partial charge in [-0.05, 0) is 61.2 Å². The SMILES string of the molecule is CCCc1nc2c(C)ccnc2n1Cc1ccc(-n2cc(C)cc2C#N)cc1. The van der Waals surface area contributed by atoms with Crippen molar-refractivity contribution in [2.45, 2.75) is 40.2 Å². The van der Waals surface area contributed by atoms with Crippen LogP contribution in [0.5, 0.6) is 0 Å². The van der Waals surface area contributed by atoms with E-state index < -0.39 is 0 Å². The fraction of sp³-hybridized carbons (Fsp3) is 0.261. The summed E-state index contributed by atoms with van der Waals surface area (Å²) in [7, 11) is 0. The van der Waals surface area contributed by atoms with Crippen LogP contribution in [0, 0.1) is 25.2 Å². The Balaban J connectivity index is 1.69. The molecule has 0 atom stereocenters. The van der Waals surface area contributed by atoms with E-state index in [1.807, 2.05) is 36.0 Å². The first-order valence-corrected chi connectivity index (χ1v) is 9.60. The van der Waals surface area contributed by atoms with Gasteiger partial charge in [0.15, 0.2) is 5.65 Å².